The standard InChI is InChI=1S/C18H28ClN3/c1-3-15-16(19)17(21-12-20-15)22-14-8-6-13(7-9-14)18(2)10-4-5-11-18/h12-14H,3-11H2,1-2H3,(H,20,21,22). The van der Waals surface area contributed by atoms with E-state index < -0.39 is 0 Å². The quantitative estimate of drug-likeness (QED) is 0.823. The number of halogens is 1. The molecule has 0 unspecified atom stereocenters. The average molecular weight is 322 g/mol. The Morgan fingerprint density at radius 1 is 1.18 bits per heavy atom. The first kappa shape index (κ1) is 16.0. The molecule has 1 heterocycles. The van der Waals surface area contributed by atoms with Gasteiger partial charge in [-0.25, -0.2) is 9.97 Å². The summed E-state index contributed by atoms with van der Waals surface area (Å²) < 4.78 is 0. The first-order valence-corrected chi connectivity index (χ1v) is 9.26. The lowest BCUT2D eigenvalue weighted by molar-refractivity contribution is 0.139. The van der Waals surface area contributed by atoms with Gasteiger partial charge in [-0.15, -0.1) is 0 Å². The fraction of sp³-hybridized carbons (Fsp3) is 0.778. The normalized spacial score (nSPS) is 27.8. The maximum absolute atomic E-state index is 6.40. The molecule has 2 aliphatic carbocycles. The molecule has 0 atom stereocenters. The first-order chi connectivity index (χ1) is 10.6. The average Bonchev–Trinajstić information content (AvgIpc) is 2.98. The van der Waals surface area contributed by atoms with Crippen LogP contribution in [0.5, 0.6) is 0 Å². The second-order valence-corrected chi connectivity index (χ2v) is 7.77. The third kappa shape index (κ3) is 3.24. The lowest BCUT2D eigenvalue weighted by Crippen LogP contribution is -2.33. The van der Waals surface area contributed by atoms with E-state index in [9.17, 15) is 0 Å². The van der Waals surface area contributed by atoms with Gasteiger partial charge in [0.25, 0.3) is 0 Å². The van der Waals surface area contributed by atoms with Crippen LogP contribution in [0.1, 0.15) is 70.9 Å². The molecule has 3 rings (SSSR count). The molecule has 0 bridgehead atoms. The van der Waals surface area contributed by atoms with Crippen LogP contribution in [0.25, 0.3) is 0 Å². The van der Waals surface area contributed by atoms with Crippen LogP contribution < -0.4 is 5.32 Å². The SMILES string of the molecule is CCc1ncnc(NC2CCC(C3(C)CCCC3)CC2)c1Cl. The van der Waals surface area contributed by atoms with Gasteiger partial charge in [0.1, 0.15) is 17.2 Å². The number of hydrogen-bond acceptors (Lipinski definition) is 3. The van der Waals surface area contributed by atoms with Gasteiger partial charge in [-0.1, -0.05) is 38.3 Å². The molecule has 0 radical (unpaired) electrons. The predicted molar refractivity (Wildman–Crippen MR) is 92.4 cm³/mol. The van der Waals surface area contributed by atoms with Crippen molar-refractivity contribution >= 4 is 17.4 Å². The van der Waals surface area contributed by atoms with E-state index in [1.807, 2.05) is 0 Å². The molecule has 0 aromatic carbocycles. The molecule has 0 aliphatic heterocycles. The van der Waals surface area contributed by atoms with Gasteiger partial charge in [-0.3, -0.25) is 0 Å². The highest BCUT2D eigenvalue weighted by atomic mass is 35.5. The minimum absolute atomic E-state index is 0.512. The third-order valence-corrected chi connectivity index (χ3v) is 6.39. The highest BCUT2D eigenvalue weighted by molar-refractivity contribution is 6.33. The number of aryl methyl sites for hydroxylation is 1. The summed E-state index contributed by atoms with van der Waals surface area (Å²) in [6, 6.07) is 0.512. The second kappa shape index (κ2) is 6.74. The number of nitrogens with one attached hydrogen (secondary N) is 1. The molecule has 4 heteroatoms. The van der Waals surface area contributed by atoms with Crippen molar-refractivity contribution in [2.45, 2.75) is 77.7 Å². The van der Waals surface area contributed by atoms with Gasteiger partial charge in [0, 0.05) is 6.04 Å². The van der Waals surface area contributed by atoms with E-state index in [2.05, 4.69) is 29.1 Å². The van der Waals surface area contributed by atoms with Crippen molar-refractivity contribution in [3.05, 3.63) is 17.0 Å². The number of rotatable bonds is 4. The summed E-state index contributed by atoms with van der Waals surface area (Å²) in [5.74, 6) is 1.74. The van der Waals surface area contributed by atoms with Crippen molar-refractivity contribution < 1.29 is 0 Å². The van der Waals surface area contributed by atoms with E-state index in [1.165, 1.54) is 51.4 Å². The molecule has 1 N–H and O–H groups in total. The van der Waals surface area contributed by atoms with E-state index in [0.29, 0.717) is 16.5 Å². The maximum atomic E-state index is 6.40. The molecule has 2 fully saturated rings. The van der Waals surface area contributed by atoms with Crippen LogP contribution in [0.3, 0.4) is 0 Å². The molecular weight excluding hydrogens is 294 g/mol. The minimum atomic E-state index is 0.512. The molecule has 1 aromatic rings. The summed E-state index contributed by atoms with van der Waals surface area (Å²) in [7, 11) is 0. The second-order valence-electron chi connectivity index (χ2n) is 7.39. The molecule has 122 valence electrons. The third-order valence-electron chi connectivity index (χ3n) is 6.00. The van der Waals surface area contributed by atoms with Gasteiger partial charge in [0.2, 0.25) is 0 Å². The zero-order chi connectivity index (χ0) is 15.6. The molecule has 1 aromatic heterocycles. The van der Waals surface area contributed by atoms with Crippen LogP contribution in [0, 0.1) is 11.3 Å². The zero-order valence-corrected chi connectivity index (χ0v) is 14.6. The Hall–Kier alpha value is -0.830. The van der Waals surface area contributed by atoms with Gasteiger partial charge < -0.3 is 5.32 Å². The van der Waals surface area contributed by atoms with E-state index in [4.69, 9.17) is 11.6 Å². The fourth-order valence-electron chi connectivity index (χ4n) is 4.47. The monoisotopic (exact) mass is 321 g/mol. The highest BCUT2D eigenvalue weighted by Crippen LogP contribution is 2.49. The van der Waals surface area contributed by atoms with Gasteiger partial charge in [0.15, 0.2) is 0 Å². The summed E-state index contributed by atoms with van der Waals surface area (Å²) in [5, 5.41) is 4.27. The van der Waals surface area contributed by atoms with Crippen LogP contribution in [0.2, 0.25) is 5.02 Å². The molecule has 0 amide bonds. The highest BCUT2D eigenvalue weighted by Gasteiger charge is 2.38. The van der Waals surface area contributed by atoms with Crippen LogP contribution in [0.15, 0.2) is 6.33 Å². The number of aromatic nitrogens is 2. The Morgan fingerprint density at radius 3 is 2.50 bits per heavy atom. The Kier molecular flexibility index (Phi) is 4.91. The lowest BCUT2D eigenvalue weighted by atomic mass is 9.68. The summed E-state index contributed by atoms with van der Waals surface area (Å²) in [5.41, 5.74) is 1.55. The molecule has 3 nitrogen and oxygen atoms in total. The van der Waals surface area contributed by atoms with Crippen LogP contribution >= 0.6 is 11.6 Å². The van der Waals surface area contributed by atoms with Crippen molar-refractivity contribution in [2.75, 3.05) is 5.32 Å². The van der Waals surface area contributed by atoms with Crippen LogP contribution in [0.4, 0.5) is 5.82 Å². The van der Waals surface area contributed by atoms with Crippen molar-refractivity contribution in [1.82, 2.24) is 9.97 Å². The van der Waals surface area contributed by atoms with Gasteiger partial charge in [0.05, 0.1) is 5.69 Å². The van der Waals surface area contributed by atoms with Crippen molar-refractivity contribution in [2.24, 2.45) is 11.3 Å². The van der Waals surface area contributed by atoms with Crippen molar-refractivity contribution in [1.29, 1.82) is 0 Å². The lowest BCUT2D eigenvalue weighted by Gasteiger charge is -2.39. The molecule has 2 aliphatic rings. The van der Waals surface area contributed by atoms with Crippen molar-refractivity contribution in [3.8, 4) is 0 Å². The topological polar surface area (TPSA) is 37.8 Å². The van der Waals surface area contributed by atoms with Gasteiger partial charge in [-0.2, -0.15) is 0 Å². The van der Waals surface area contributed by atoms with E-state index >= 15 is 0 Å². The Balaban J connectivity index is 1.58. The first-order valence-electron chi connectivity index (χ1n) is 8.88. The fourth-order valence-corrected chi connectivity index (χ4v) is 4.76. The summed E-state index contributed by atoms with van der Waals surface area (Å²) in [6.07, 6.45) is 13.4. The molecular formula is C18H28ClN3. The van der Waals surface area contributed by atoms with Crippen molar-refractivity contribution in [3.63, 3.8) is 0 Å². The largest absolute Gasteiger partial charge is 0.366 e. The van der Waals surface area contributed by atoms with E-state index in [0.717, 1.165) is 23.9 Å². The molecule has 22 heavy (non-hydrogen) atoms. The number of anilines is 1. The summed E-state index contributed by atoms with van der Waals surface area (Å²) >= 11 is 6.40. The smallest absolute Gasteiger partial charge is 0.148 e. The van der Waals surface area contributed by atoms with Crippen LogP contribution in [-0.2, 0) is 6.42 Å². The van der Waals surface area contributed by atoms with E-state index in [-0.39, 0.29) is 0 Å². The Labute approximate surface area is 139 Å². The Bertz CT molecular complexity index is 503. The van der Waals surface area contributed by atoms with E-state index in [1.54, 1.807) is 6.33 Å². The summed E-state index contributed by atoms with van der Waals surface area (Å²) in [6.45, 7) is 4.60. The van der Waals surface area contributed by atoms with Gasteiger partial charge in [-0.05, 0) is 56.3 Å². The molecule has 2 saturated carbocycles. The molecule has 0 saturated heterocycles. The number of hydrogen-bond donors (Lipinski definition) is 1. The minimum Gasteiger partial charge on any atom is -0.366 e. The predicted octanol–water partition coefficient (Wildman–Crippen LogP) is 5.24. The zero-order valence-electron chi connectivity index (χ0n) is 13.9. The Morgan fingerprint density at radius 2 is 1.86 bits per heavy atom. The molecule has 0 spiro atoms. The van der Waals surface area contributed by atoms with Crippen LogP contribution in [-0.4, -0.2) is 16.0 Å². The summed E-state index contributed by atoms with van der Waals surface area (Å²) in [4.78, 5) is 8.58. The van der Waals surface area contributed by atoms with Gasteiger partial charge >= 0.3 is 0 Å². The number of nitrogens with zero attached hydrogens (tertiary/aromatic N) is 2. The maximum Gasteiger partial charge on any atom is 0.148 e.